The molecule has 1 aromatic heterocycles. The molecule has 1 aliphatic rings. The first-order valence-corrected chi connectivity index (χ1v) is 8.17. The summed E-state index contributed by atoms with van der Waals surface area (Å²) in [5, 5.41) is 3.23. The van der Waals surface area contributed by atoms with Gasteiger partial charge in [-0.2, -0.15) is 0 Å². The number of halogens is 1. The van der Waals surface area contributed by atoms with Gasteiger partial charge in [0.25, 0.3) is 0 Å². The Morgan fingerprint density at radius 2 is 2.17 bits per heavy atom. The first-order chi connectivity index (χ1) is 8.50. The maximum absolute atomic E-state index is 5.82. The predicted octanol–water partition coefficient (Wildman–Crippen LogP) is 4.53. The Kier molecular flexibility index (Phi) is 4.54. The van der Waals surface area contributed by atoms with Crippen molar-refractivity contribution in [2.45, 2.75) is 45.9 Å². The summed E-state index contributed by atoms with van der Waals surface area (Å²) in [6.45, 7) is 9.37. The van der Waals surface area contributed by atoms with Gasteiger partial charge in [-0.15, -0.1) is 22.9 Å². The molecule has 2 nitrogen and oxygen atoms in total. The number of hydrogen-bond acceptors (Lipinski definition) is 3. The molecule has 1 unspecified atom stereocenters. The van der Waals surface area contributed by atoms with Crippen molar-refractivity contribution in [3.63, 3.8) is 0 Å². The van der Waals surface area contributed by atoms with Crippen molar-refractivity contribution in [2.75, 3.05) is 18.0 Å². The van der Waals surface area contributed by atoms with Crippen molar-refractivity contribution >= 4 is 28.1 Å². The monoisotopic (exact) mass is 286 g/mol. The molecule has 0 aromatic carbocycles. The molecule has 1 saturated heterocycles. The minimum absolute atomic E-state index is 0.431. The SMILES string of the molecule is CC(C)(C)C1CCCN(c2nc(CCl)cs2)CC1. The van der Waals surface area contributed by atoms with E-state index in [1.54, 1.807) is 11.3 Å². The van der Waals surface area contributed by atoms with E-state index in [-0.39, 0.29) is 0 Å². The minimum atomic E-state index is 0.431. The van der Waals surface area contributed by atoms with E-state index in [1.165, 1.54) is 19.3 Å². The average molecular weight is 287 g/mol. The van der Waals surface area contributed by atoms with Crippen molar-refractivity contribution in [2.24, 2.45) is 11.3 Å². The van der Waals surface area contributed by atoms with Crippen LogP contribution < -0.4 is 4.90 Å². The summed E-state index contributed by atoms with van der Waals surface area (Å²) in [7, 11) is 0. The maximum Gasteiger partial charge on any atom is 0.185 e. The van der Waals surface area contributed by atoms with Crippen molar-refractivity contribution in [1.82, 2.24) is 4.98 Å². The lowest BCUT2D eigenvalue weighted by atomic mass is 9.77. The van der Waals surface area contributed by atoms with E-state index in [4.69, 9.17) is 11.6 Å². The fourth-order valence-corrected chi connectivity index (χ4v) is 3.76. The fraction of sp³-hybridized carbons (Fsp3) is 0.786. The molecule has 1 aliphatic heterocycles. The second-order valence-electron chi connectivity index (χ2n) is 6.24. The van der Waals surface area contributed by atoms with Gasteiger partial charge in [-0.05, 0) is 30.6 Å². The van der Waals surface area contributed by atoms with Crippen LogP contribution in [0, 0.1) is 11.3 Å². The number of rotatable bonds is 2. The number of nitrogens with zero attached hydrogens (tertiary/aromatic N) is 2. The molecule has 1 atom stereocenters. The van der Waals surface area contributed by atoms with E-state index in [2.05, 4.69) is 36.0 Å². The van der Waals surface area contributed by atoms with Gasteiger partial charge in [-0.1, -0.05) is 20.8 Å². The average Bonchev–Trinajstić information content (AvgIpc) is 2.64. The molecule has 2 heterocycles. The second-order valence-corrected chi connectivity index (χ2v) is 7.34. The molecule has 4 heteroatoms. The van der Waals surface area contributed by atoms with E-state index in [9.17, 15) is 0 Å². The molecule has 1 fully saturated rings. The summed E-state index contributed by atoms with van der Waals surface area (Å²) >= 11 is 7.55. The zero-order valence-electron chi connectivity index (χ0n) is 11.6. The van der Waals surface area contributed by atoms with Gasteiger partial charge in [-0.25, -0.2) is 4.98 Å². The van der Waals surface area contributed by atoms with Gasteiger partial charge in [0.1, 0.15) is 0 Å². The first-order valence-electron chi connectivity index (χ1n) is 6.76. The van der Waals surface area contributed by atoms with Crippen LogP contribution in [0.5, 0.6) is 0 Å². The third-order valence-electron chi connectivity index (χ3n) is 3.90. The van der Waals surface area contributed by atoms with Gasteiger partial charge in [0, 0.05) is 18.5 Å². The summed E-state index contributed by atoms with van der Waals surface area (Å²) in [6, 6.07) is 0. The van der Waals surface area contributed by atoms with Gasteiger partial charge in [0.05, 0.1) is 11.6 Å². The molecule has 102 valence electrons. The molecule has 2 rings (SSSR count). The quantitative estimate of drug-likeness (QED) is 0.742. The van der Waals surface area contributed by atoms with Gasteiger partial charge >= 0.3 is 0 Å². The summed E-state index contributed by atoms with van der Waals surface area (Å²) in [5.74, 6) is 1.35. The maximum atomic E-state index is 5.82. The molecule has 18 heavy (non-hydrogen) atoms. The normalized spacial score (nSPS) is 22.0. The zero-order chi connectivity index (χ0) is 13.2. The van der Waals surface area contributed by atoms with Crippen LogP contribution in [0.4, 0.5) is 5.13 Å². The topological polar surface area (TPSA) is 16.1 Å². The Hall–Kier alpha value is -0.280. The summed E-state index contributed by atoms with van der Waals surface area (Å²) in [6.07, 6.45) is 3.89. The Labute approximate surface area is 119 Å². The largest absolute Gasteiger partial charge is 0.348 e. The molecule has 1 aromatic rings. The predicted molar refractivity (Wildman–Crippen MR) is 80.7 cm³/mol. The van der Waals surface area contributed by atoms with Crippen molar-refractivity contribution in [3.05, 3.63) is 11.1 Å². The number of alkyl halides is 1. The number of aromatic nitrogens is 1. The molecule has 0 N–H and O–H groups in total. The smallest absolute Gasteiger partial charge is 0.185 e. The van der Waals surface area contributed by atoms with E-state index in [1.807, 2.05) is 0 Å². The Balaban J connectivity index is 2.00. The third kappa shape index (κ3) is 3.39. The molecule has 0 aliphatic carbocycles. The van der Waals surface area contributed by atoms with Crippen LogP contribution in [-0.4, -0.2) is 18.1 Å². The number of anilines is 1. The first kappa shape index (κ1) is 14.1. The third-order valence-corrected chi connectivity index (χ3v) is 5.12. The standard InChI is InChI=1S/C14H23ClN2S/c1-14(2,3)11-5-4-7-17(8-6-11)13-16-12(9-15)10-18-13/h10-11H,4-9H2,1-3H3. The van der Waals surface area contributed by atoms with Crippen molar-refractivity contribution in [1.29, 1.82) is 0 Å². The van der Waals surface area contributed by atoms with Gasteiger partial charge in [-0.3, -0.25) is 0 Å². The van der Waals surface area contributed by atoms with Crippen LogP contribution in [0.1, 0.15) is 45.7 Å². The Bertz CT molecular complexity index is 383. The van der Waals surface area contributed by atoms with E-state index < -0.39 is 0 Å². The molecular weight excluding hydrogens is 264 g/mol. The van der Waals surface area contributed by atoms with E-state index in [0.717, 1.165) is 29.8 Å². The van der Waals surface area contributed by atoms with Crippen LogP contribution in [0.2, 0.25) is 0 Å². The molecule has 0 amide bonds. The zero-order valence-corrected chi connectivity index (χ0v) is 13.2. The number of hydrogen-bond donors (Lipinski definition) is 0. The number of thiazole rings is 1. The van der Waals surface area contributed by atoms with Crippen LogP contribution in [0.25, 0.3) is 0 Å². The summed E-state index contributed by atoms with van der Waals surface area (Å²) < 4.78 is 0. The van der Waals surface area contributed by atoms with Gasteiger partial charge < -0.3 is 4.90 Å². The highest BCUT2D eigenvalue weighted by Gasteiger charge is 2.27. The Morgan fingerprint density at radius 3 is 2.78 bits per heavy atom. The lowest BCUT2D eigenvalue weighted by Gasteiger charge is -2.29. The van der Waals surface area contributed by atoms with E-state index >= 15 is 0 Å². The van der Waals surface area contributed by atoms with Gasteiger partial charge in [0.15, 0.2) is 5.13 Å². The molecular formula is C14H23ClN2S. The summed E-state index contributed by atoms with van der Waals surface area (Å²) in [5.41, 5.74) is 1.44. The van der Waals surface area contributed by atoms with E-state index in [0.29, 0.717) is 11.3 Å². The van der Waals surface area contributed by atoms with Crippen LogP contribution in [0.3, 0.4) is 0 Å². The summed E-state index contributed by atoms with van der Waals surface area (Å²) in [4.78, 5) is 7.03. The molecule has 0 bridgehead atoms. The minimum Gasteiger partial charge on any atom is -0.348 e. The molecule has 0 radical (unpaired) electrons. The van der Waals surface area contributed by atoms with Gasteiger partial charge in [0.2, 0.25) is 0 Å². The lowest BCUT2D eigenvalue weighted by molar-refractivity contribution is 0.220. The van der Waals surface area contributed by atoms with Crippen LogP contribution in [-0.2, 0) is 5.88 Å². The second kappa shape index (κ2) is 5.79. The molecule has 0 spiro atoms. The molecule has 0 saturated carbocycles. The van der Waals surface area contributed by atoms with Crippen LogP contribution >= 0.6 is 22.9 Å². The highest BCUT2D eigenvalue weighted by atomic mass is 35.5. The van der Waals surface area contributed by atoms with Crippen LogP contribution in [0.15, 0.2) is 5.38 Å². The fourth-order valence-electron chi connectivity index (χ4n) is 2.66. The highest BCUT2D eigenvalue weighted by molar-refractivity contribution is 7.13. The Morgan fingerprint density at radius 1 is 1.39 bits per heavy atom. The van der Waals surface area contributed by atoms with Crippen molar-refractivity contribution < 1.29 is 0 Å². The van der Waals surface area contributed by atoms with Crippen molar-refractivity contribution in [3.8, 4) is 0 Å². The highest BCUT2D eigenvalue weighted by Crippen LogP contribution is 2.35. The lowest BCUT2D eigenvalue weighted by Crippen LogP contribution is -2.26.